The van der Waals surface area contributed by atoms with Crippen LogP contribution in [-0.4, -0.2) is 26.8 Å². The maximum Gasteiger partial charge on any atom is 0.209 e. The molecule has 0 aliphatic heterocycles. The smallest absolute Gasteiger partial charge is 0.209 e. The summed E-state index contributed by atoms with van der Waals surface area (Å²) in [6, 6.07) is 0. The zero-order chi connectivity index (χ0) is 9.83. The molecule has 0 aromatic rings. The van der Waals surface area contributed by atoms with Crippen LogP contribution in [0.25, 0.3) is 0 Å². The van der Waals surface area contributed by atoms with E-state index in [1.165, 1.54) is 0 Å². The van der Waals surface area contributed by atoms with Crippen molar-refractivity contribution in [1.82, 2.24) is 10.0 Å². The summed E-state index contributed by atoms with van der Waals surface area (Å²) in [7, 11) is -3.21. The van der Waals surface area contributed by atoms with Crippen LogP contribution >= 0.6 is 0 Å². The van der Waals surface area contributed by atoms with Crippen molar-refractivity contribution in [2.45, 2.75) is 19.4 Å². The van der Waals surface area contributed by atoms with E-state index in [-0.39, 0.29) is 6.54 Å². The second-order valence-electron chi connectivity index (χ2n) is 3.22. The zero-order valence-corrected chi connectivity index (χ0v) is 8.20. The number of nitrogens with zero attached hydrogens (tertiary/aromatic N) is 1. The second-order valence-corrected chi connectivity index (χ2v) is 4.97. The first kappa shape index (κ1) is 11.2. The van der Waals surface area contributed by atoms with Crippen molar-refractivity contribution in [2.75, 3.05) is 12.8 Å². The summed E-state index contributed by atoms with van der Waals surface area (Å²) in [4.78, 5) is 0. The van der Waals surface area contributed by atoms with E-state index in [0.717, 1.165) is 6.26 Å². The van der Waals surface area contributed by atoms with E-state index in [1.807, 2.05) is 0 Å². The molecule has 0 spiro atoms. The minimum absolute atomic E-state index is 0.274. The van der Waals surface area contributed by atoms with Gasteiger partial charge in [-0.25, -0.2) is 13.1 Å². The van der Waals surface area contributed by atoms with Gasteiger partial charge in [-0.2, -0.15) is 5.26 Å². The van der Waals surface area contributed by atoms with E-state index in [2.05, 4.69) is 10.0 Å². The van der Waals surface area contributed by atoms with Gasteiger partial charge in [0.05, 0.1) is 6.26 Å². The molecular weight excluding hydrogens is 178 g/mol. The Balaban J connectivity index is 4.16. The molecule has 2 N–H and O–H groups in total. The van der Waals surface area contributed by atoms with E-state index in [4.69, 9.17) is 5.26 Å². The van der Waals surface area contributed by atoms with Crippen LogP contribution < -0.4 is 10.0 Å². The number of hydrogen-bond acceptors (Lipinski definition) is 4. The Labute approximate surface area is 72.8 Å². The fourth-order valence-corrected chi connectivity index (χ4v) is 1.87. The molecule has 5 nitrogen and oxygen atoms in total. The molecule has 0 aromatic carbocycles. The maximum absolute atomic E-state index is 10.8. The van der Waals surface area contributed by atoms with E-state index in [1.54, 1.807) is 20.0 Å². The van der Waals surface area contributed by atoms with Crippen LogP contribution in [0.5, 0.6) is 0 Å². The maximum atomic E-state index is 10.8. The van der Waals surface area contributed by atoms with Crippen molar-refractivity contribution in [2.24, 2.45) is 0 Å². The van der Waals surface area contributed by atoms with E-state index in [9.17, 15) is 8.42 Å². The molecule has 0 fully saturated rings. The van der Waals surface area contributed by atoms with Crippen molar-refractivity contribution in [3.8, 4) is 6.19 Å². The molecule has 0 rings (SSSR count). The fourth-order valence-electron chi connectivity index (χ4n) is 0.798. The standard InChI is InChI=1S/C6H13N3O2S/c1-6(2,4-8-5-7)9-12(3,10)11/h8-9H,4H2,1-3H3. The molecule has 12 heavy (non-hydrogen) atoms. The molecule has 0 radical (unpaired) electrons. The third-order valence-corrected chi connectivity index (χ3v) is 1.99. The molecule has 70 valence electrons. The summed E-state index contributed by atoms with van der Waals surface area (Å²) in [5.41, 5.74) is -0.636. The first-order valence-electron chi connectivity index (χ1n) is 3.38. The van der Waals surface area contributed by atoms with Gasteiger partial charge in [-0.15, -0.1) is 0 Å². The molecule has 6 heteroatoms. The molecule has 0 aliphatic carbocycles. The Morgan fingerprint density at radius 2 is 2.00 bits per heavy atom. The van der Waals surface area contributed by atoms with Gasteiger partial charge in [-0.05, 0) is 13.8 Å². The molecule has 0 aromatic heterocycles. The van der Waals surface area contributed by atoms with Crippen LogP contribution in [0.2, 0.25) is 0 Å². The third-order valence-electron chi connectivity index (χ3n) is 1.07. The summed E-state index contributed by atoms with van der Waals surface area (Å²) in [5, 5.41) is 10.6. The predicted molar refractivity (Wildman–Crippen MR) is 45.7 cm³/mol. The van der Waals surface area contributed by atoms with Gasteiger partial charge in [-0.3, -0.25) is 0 Å². The Bertz CT molecular complexity index is 276. The van der Waals surface area contributed by atoms with Crippen LogP contribution in [-0.2, 0) is 10.0 Å². The van der Waals surface area contributed by atoms with Crippen molar-refractivity contribution in [3.63, 3.8) is 0 Å². The van der Waals surface area contributed by atoms with Crippen LogP contribution in [0.15, 0.2) is 0 Å². The Hall–Kier alpha value is -0.800. The molecule has 0 saturated carbocycles. The number of rotatable bonds is 4. The molecular formula is C6H13N3O2S. The summed E-state index contributed by atoms with van der Waals surface area (Å²) >= 11 is 0. The topological polar surface area (TPSA) is 82.0 Å². The number of nitriles is 1. The summed E-state index contributed by atoms with van der Waals surface area (Å²) in [6.07, 6.45) is 2.81. The number of nitrogens with one attached hydrogen (secondary N) is 2. The third kappa shape index (κ3) is 5.95. The van der Waals surface area contributed by atoms with Gasteiger partial charge >= 0.3 is 0 Å². The molecule has 0 aliphatic rings. The quantitative estimate of drug-likeness (QED) is 0.458. The average molecular weight is 191 g/mol. The average Bonchev–Trinajstić information content (AvgIpc) is 1.78. The van der Waals surface area contributed by atoms with Crippen LogP contribution in [0.1, 0.15) is 13.8 Å². The molecule has 0 bridgehead atoms. The normalized spacial score (nSPS) is 12.2. The van der Waals surface area contributed by atoms with E-state index < -0.39 is 15.6 Å². The lowest BCUT2D eigenvalue weighted by atomic mass is 10.1. The minimum atomic E-state index is -3.21. The highest BCUT2D eigenvalue weighted by molar-refractivity contribution is 7.88. The lowest BCUT2D eigenvalue weighted by Crippen LogP contribution is -2.49. The molecule has 0 heterocycles. The van der Waals surface area contributed by atoms with Crippen molar-refractivity contribution in [1.29, 1.82) is 5.26 Å². The molecule has 0 atom stereocenters. The summed E-state index contributed by atoms with van der Waals surface area (Å²) in [6.45, 7) is 3.66. The van der Waals surface area contributed by atoms with E-state index >= 15 is 0 Å². The Morgan fingerprint density at radius 3 is 2.33 bits per heavy atom. The molecule has 0 unspecified atom stereocenters. The lowest BCUT2D eigenvalue weighted by Gasteiger charge is -2.23. The predicted octanol–water partition coefficient (Wildman–Crippen LogP) is -0.615. The number of sulfonamides is 1. The van der Waals surface area contributed by atoms with Crippen molar-refractivity contribution < 1.29 is 8.42 Å². The van der Waals surface area contributed by atoms with Gasteiger partial charge in [0.15, 0.2) is 6.19 Å². The van der Waals surface area contributed by atoms with Gasteiger partial charge in [0, 0.05) is 12.1 Å². The molecule has 0 saturated heterocycles. The molecule has 0 amide bonds. The number of hydrogen-bond donors (Lipinski definition) is 2. The Morgan fingerprint density at radius 1 is 1.50 bits per heavy atom. The second kappa shape index (κ2) is 3.74. The first-order valence-corrected chi connectivity index (χ1v) is 5.27. The van der Waals surface area contributed by atoms with Gasteiger partial charge in [0.25, 0.3) is 0 Å². The van der Waals surface area contributed by atoms with Crippen LogP contribution in [0.4, 0.5) is 0 Å². The van der Waals surface area contributed by atoms with Crippen molar-refractivity contribution in [3.05, 3.63) is 0 Å². The van der Waals surface area contributed by atoms with Crippen LogP contribution in [0, 0.1) is 11.5 Å². The van der Waals surface area contributed by atoms with E-state index in [0.29, 0.717) is 0 Å². The largest absolute Gasteiger partial charge is 0.322 e. The van der Waals surface area contributed by atoms with Gasteiger partial charge in [0.2, 0.25) is 10.0 Å². The summed E-state index contributed by atoms with van der Waals surface area (Å²) in [5.74, 6) is 0. The minimum Gasteiger partial charge on any atom is -0.322 e. The van der Waals surface area contributed by atoms with Gasteiger partial charge < -0.3 is 5.32 Å². The van der Waals surface area contributed by atoms with Crippen molar-refractivity contribution >= 4 is 10.0 Å². The SMILES string of the molecule is CC(C)(CNC#N)NS(C)(=O)=O. The van der Waals surface area contributed by atoms with Crippen LogP contribution in [0.3, 0.4) is 0 Å². The zero-order valence-electron chi connectivity index (χ0n) is 7.38. The highest BCUT2D eigenvalue weighted by Gasteiger charge is 2.21. The first-order chi connectivity index (χ1) is 5.27. The summed E-state index contributed by atoms with van der Waals surface area (Å²) < 4.78 is 24.0. The Kier molecular flexibility index (Phi) is 3.49. The highest BCUT2D eigenvalue weighted by atomic mass is 32.2. The highest BCUT2D eigenvalue weighted by Crippen LogP contribution is 2.00. The van der Waals surface area contributed by atoms with Gasteiger partial charge in [-0.1, -0.05) is 0 Å². The fraction of sp³-hybridized carbons (Fsp3) is 0.833. The lowest BCUT2D eigenvalue weighted by molar-refractivity contribution is 0.445. The van der Waals surface area contributed by atoms with Gasteiger partial charge in [0.1, 0.15) is 0 Å². The monoisotopic (exact) mass is 191 g/mol.